The number of piperazine rings is 1. The molecule has 4 heteroatoms. The fourth-order valence-electron chi connectivity index (χ4n) is 2.59. The molecular formula is C14H20ClN3. The minimum atomic E-state index is 0.496. The summed E-state index contributed by atoms with van der Waals surface area (Å²) in [4.78, 5) is 9.30. The Bertz CT molecular complexity index is 398. The van der Waals surface area contributed by atoms with Crippen LogP contribution in [0.2, 0.25) is 0 Å². The maximum atomic E-state index is 5.84. The highest BCUT2D eigenvalue weighted by Gasteiger charge is 2.26. The van der Waals surface area contributed by atoms with Gasteiger partial charge in [-0.25, -0.2) is 0 Å². The molecule has 0 amide bonds. The summed E-state index contributed by atoms with van der Waals surface area (Å²) in [7, 11) is 0. The summed E-state index contributed by atoms with van der Waals surface area (Å²) in [6.07, 6.45) is 4.76. The molecule has 0 unspecified atom stereocenters. The van der Waals surface area contributed by atoms with Crippen LogP contribution in [0, 0.1) is 5.92 Å². The summed E-state index contributed by atoms with van der Waals surface area (Å²) in [5.74, 6) is 1.50. The maximum Gasteiger partial charge on any atom is 0.0648 e. The van der Waals surface area contributed by atoms with Gasteiger partial charge in [-0.2, -0.15) is 0 Å². The van der Waals surface area contributed by atoms with Gasteiger partial charge in [0.05, 0.1) is 11.6 Å². The van der Waals surface area contributed by atoms with Gasteiger partial charge < -0.3 is 4.90 Å². The molecule has 1 saturated heterocycles. The molecule has 0 aromatic carbocycles. The fourth-order valence-corrected chi connectivity index (χ4v) is 2.74. The minimum Gasteiger partial charge on any atom is -0.369 e. The van der Waals surface area contributed by atoms with Gasteiger partial charge >= 0.3 is 0 Å². The van der Waals surface area contributed by atoms with Crippen molar-refractivity contribution in [3.05, 3.63) is 24.0 Å². The molecule has 2 aliphatic rings. The SMILES string of the molecule is ClCc1cc(N2CCN(CC3CC3)CC2)ccn1. The van der Waals surface area contributed by atoms with Gasteiger partial charge in [-0.15, -0.1) is 11.6 Å². The Morgan fingerprint density at radius 3 is 2.67 bits per heavy atom. The number of hydrogen-bond acceptors (Lipinski definition) is 3. The summed E-state index contributed by atoms with van der Waals surface area (Å²) >= 11 is 5.84. The first kappa shape index (κ1) is 12.2. The molecule has 0 N–H and O–H groups in total. The first-order chi connectivity index (χ1) is 8.85. The monoisotopic (exact) mass is 265 g/mol. The predicted molar refractivity (Wildman–Crippen MR) is 75.2 cm³/mol. The van der Waals surface area contributed by atoms with E-state index in [0.29, 0.717) is 5.88 Å². The van der Waals surface area contributed by atoms with Gasteiger partial charge in [-0.1, -0.05) is 0 Å². The largest absolute Gasteiger partial charge is 0.369 e. The molecule has 3 nitrogen and oxygen atoms in total. The van der Waals surface area contributed by atoms with Crippen LogP contribution in [-0.2, 0) is 5.88 Å². The number of pyridine rings is 1. The van der Waals surface area contributed by atoms with Gasteiger partial charge in [0.1, 0.15) is 0 Å². The highest BCUT2D eigenvalue weighted by atomic mass is 35.5. The number of halogens is 1. The first-order valence-corrected chi connectivity index (χ1v) is 7.37. The van der Waals surface area contributed by atoms with E-state index in [4.69, 9.17) is 11.6 Å². The average molecular weight is 266 g/mol. The third kappa shape index (κ3) is 2.96. The average Bonchev–Trinajstić information content (AvgIpc) is 3.24. The molecule has 1 saturated carbocycles. The van der Waals surface area contributed by atoms with Crippen molar-refractivity contribution >= 4 is 17.3 Å². The molecular weight excluding hydrogens is 246 g/mol. The summed E-state index contributed by atoms with van der Waals surface area (Å²) in [5.41, 5.74) is 2.24. The van der Waals surface area contributed by atoms with E-state index in [1.807, 2.05) is 6.20 Å². The number of alkyl halides is 1. The van der Waals surface area contributed by atoms with Crippen LogP contribution in [0.3, 0.4) is 0 Å². The van der Waals surface area contributed by atoms with Crippen LogP contribution >= 0.6 is 11.6 Å². The van der Waals surface area contributed by atoms with E-state index in [-0.39, 0.29) is 0 Å². The lowest BCUT2D eigenvalue weighted by Gasteiger charge is -2.36. The van der Waals surface area contributed by atoms with Crippen LogP contribution in [0.5, 0.6) is 0 Å². The molecule has 2 heterocycles. The predicted octanol–water partition coefficient (Wildman–Crippen LogP) is 2.35. The molecule has 0 bridgehead atoms. The zero-order chi connectivity index (χ0) is 12.4. The topological polar surface area (TPSA) is 19.4 Å². The Morgan fingerprint density at radius 2 is 2.00 bits per heavy atom. The second-order valence-electron chi connectivity index (χ2n) is 5.37. The number of nitrogens with zero attached hydrogens (tertiary/aromatic N) is 3. The molecule has 1 aromatic heterocycles. The Kier molecular flexibility index (Phi) is 3.71. The van der Waals surface area contributed by atoms with E-state index in [1.165, 1.54) is 38.2 Å². The van der Waals surface area contributed by atoms with E-state index >= 15 is 0 Å². The third-order valence-corrected chi connectivity index (χ3v) is 4.16. The van der Waals surface area contributed by atoms with Gasteiger partial charge in [-0.05, 0) is 30.9 Å². The highest BCUT2D eigenvalue weighted by molar-refractivity contribution is 6.16. The van der Waals surface area contributed by atoms with Crippen molar-refractivity contribution in [3.8, 4) is 0 Å². The van der Waals surface area contributed by atoms with Gasteiger partial charge in [0.25, 0.3) is 0 Å². The molecule has 1 aliphatic heterocycles. The van der Waals surface area contributed by atoms with E-state index in [1.54, 1.807) is 0 Å². The second kappa shape index (κ2) is 5.45. The van der Waals surface area contributed by atoms with Crippen molar-refractivity contribution < 1.29 is 0 Å². The van der Waals surface area contributed by atoms with Gasteiger partial charge in [-0.3, -0.25) is 9.88 Å². The van der Waals surface area contributed by atoms with Crippen LogP contribution < -0.4 is 4.90 Å². The lowest BCUT2D eigenvalue weighted by Crippen LogP contribution is -2.47. The fraction of sp³-hybridized carbons (Fsp3) is 0.643. The molecule has 0 atom stereocenters. The normalized spacial score (nSPS) is 21.3. The van der Waals surface area contributed by atoms with E-state index < -0.39 is 0 Å². The first-order valence-electron chi connectivity index (χ1n) is 6.83. The van der Waals surface area contributed by atoms with Crippen molar-refractivity contribution in [3.63, 3.8) is 0 Å². The van der Waals surface area contributed by atoms with Crippen molar-refractivity contribution in [1.82, 2.24) is 9.88 Å². The van der Waals surface area contributed by atoms with Crippen LogP contribution in [0.25, 0.3) is 0 Å². The smallest absolute Gasteiger partial charge is 0.0648 e. The Hall–Kier alpha value is -0.800. The molecule has 3 rings (SSSR count). The molecule has 2 fully saturated rings. The highest BCUT2D eigenvalue weighted by Crippen LogP contribution is 2.30. The Labute approximate surface area is 114 Å². The second-order valence-corrected chi connectivity index (χ2v) is 5.64. The minimum absolute atomic E-state index is 0.496. The van der Waals surface area contributed by atoms with E-state index in [0.717, 1.165) is 24.7 Å². The van der Waals surface area contributed by atoms with Crippen molar-refractivity contribution in [2.24, 2.45) is 5.92 Å². The number of rotatable bonds is 4. The Balaban J connectivity index is 1.57. The van der Waals surface area contributed by atoms with Crippen molar-refractivity contribution in [2.75, 3.05) is 37.6 Å². The summed E-state index contributed by atoms with van der Waals surface area (Å²) in [6, 6.07) is 4.20. The van der Waals surface area contributed by atoms with Crippen LogP contribution in [-0.4, -0.2) is 42.6 Å². The lowest BCUT2D eigenvalue weighted by molar-refractivity contribution is 0.248. The van der Waals surface area contributed by atoms with Gasteiger partial charge in [0.2, 0.25) is 0 Å². The zero-order valence-corrected chi connectivity index (χ0v) is 11.4. The van der Waals surface area contributed by atoms with E-state index in [9.17, 15) is 0 Å². The standard InChI is InChI=1S/C14H20ClN3/c15-10-13-9-14(3-4-16-13)18-7-5-17(6-8-18)11-12-1-2-12/h3-4,9,12H,1-2,5-8,10-11H2. The maximum absolute atomic E-state index is 5.84. The summed E-state index contributed by atoms with van der Waals surface area (Å²) in [5, 5.41) is 0. The number of aromatic nitrogens is 1. The lowest BCUT2D eigenvalue weighted by atomic mass is 10.2. The summed E-state index contributed by atoms with van der Waals surface area (Å²) in [6.45, 7) is 5.94. The van der Waals surface area contributed by atoms with Crippen molar-refractivity contribution in [2.45, 2.75) is 18.7 Å². The third-order valence-electron chi connectivity index (χ3n) is 3.89. The molecule has 1 aromatic rings. The number of anilines is 1. The number of hydrogen-bond donors (Lipinski definition) is 0. The molecule has 98 valence electrons. The van der Waals surface area contributed by atoms with E-state index in [2.05, 4.69) is 26.9 Å². The molecule has 1 aliphatic carbocycles. The van der Waals surface area contributed by atoms with Crippen molar-refractivity contribution in [1.29, 1.82) is 0 Å². The van der Waals surface area contributed by atoms with Gasteiger partial charge in [0.15, 0.2) is 0 Å². The molecule has 0 radical (unpaired) electrons. The Morgan fingerprint density at radius 1 is 1.22 bits per heavy atom. The molecule has 0 spiro atoms. The molecule has 18 heavy (non-hydrogen) atoms. The van der Waals surface area contributed by atoms with Crippen LogP contribution in [0.15, 0.2) is 18.3 Å². The zero-order valence-electron chi connectivity index (χ0n) is 10.7. The summed E-state index contributed by atoms with van der Waals surface area (Å²) < 4.78 is 0. The quantitative estimate of drug-likeness (QED) is 0.779. The van der Waals surface area contributed by atoms with Gasteiger partial charge in [0, 0.05) is 44.6 Å². The van der Waals surface area contributed by atoms with Crippen LogP contribution in [0.4, 0.5) is 5.69 Å². The van der Waals surface area contributed by atoms with Crippen LogP contribution in [0.1, 0.15) is 18.5 Å².